The van der Waals surface area contributed by atoms with Gasteiger partial charge in [0.2, 0.25) is 0 Å². The molecule has 1 radical (unpaired) electrons. The Hall–Kier alpha value is -5.10. The van der Waals surface area contributed by atoms with E-state index < -0.39 is 5.41 Å². The van der Waals surface area contributed by atoms with Gasteiger partial charge in [0.1, 0.15) is 5.76 Å². The number of pyridine rings is 4. The van der Waals surface area contributed by atoms with E-state index >= 15 is 0 Å². The number of benzene rings is 2. The zero-order valence-electron chi connectivity index (χ0n) is 32.9. The summed E-state index contributed by atoms with van der Waals surface area (Å²) in [5.41, 5.74) is 12.1. The van der Waals surface area contributed by atoms with Crippen LogP contribution in [0.15, 0.2) is 122 Å². The van der Waals surface area contributed by atoms with Crippen molar-refractivity contribution in [2.75, 3.05) is 0 Å². The Bertz CT molecular complexity index is 1900. The Morgan fingerprint density at radius 1 is 0.537 bits per heavy atom. The summed E-state index contributed by atoms with van der Waals surface area (Å²) in [6.45, 7) is 19.4. The molecule has 6 aromatic rings. The average Bonchev–Trinajstić information content (AvgIpc) is 3.11. The molecule has 0 saturated heterocycles. The van der Waals surface area contributed by atoms with Crippen molar-refractivity contribution < 1.29 is 30.0 Å². The third-order valence-corrected chi connectivity index (χ3v) is 8.21. The fourth-order valence-electron chi connectivity index (χ4n) is 4.80. The summed E-state index contributed by atoms with van der Waals surface area (Å²) in [5.74, 6) is 0.104. The number of allylic oxidation sites excluding steroid dienone is 2. The van der Waals surface area contributed by atoms with Gasteiger partial charge in [0.25, 0.3) is 0 Å². The molecule has 54 heavy (non-hydrogen) atoms. The van der Waals surface area contributed by atoms with E-state index in [0.29, 0.717) is 0 Å². The van der Waals surface area contributed by atoms with E-state index in [4.69, 9.17) is 0 Å². The van der Waals surface area contributed by atoms with Gasteiger partial charge in [-0.15, -0.1) is 59.7 Å². The van der Waals surface area contributed by atoms with Crippen molar-refractivity contribution in [3.05, 3.63) is 156 Å². The van der Waals surface area contributed by atoms with E-state index in [1.165, 1.54) is 28.3 Å². The maximum absolute atomic E-state index is 11.5. The number of carbonyl (C=O) groups is 1. The average molecular weight is 895 g/mol. The predicted octanol–water partition coefficient (Wildman–Crippen LogP) is 11.5. The molecule has 2 aromatic carbocycles. The molecule has 0 fully saturated rings. The van der Waals surface area contributed by atoms with E-state index in [0.717, 1.165) is 45.0 Å². The number of aliphatic hydroxyl groups is 1. The van der Waals surface area contributed by atoms with E-state index in [-0.39, 0.29) is 37.1 Å². The van der Waals surface area contributed by atoms with Crippen LogP contribution in [-0.2, 0) is 24.9 Å². The molecule has 0 spiro atoms. The Labute approximate surface area is 335 Å². The number of carbonyl (C=O) groups excluding carboxylic acids is 1. The maximum Gasteiger partial charge on any atom is 0.164 e. The summed E-state index contributed by atoms with van der Waals surface area (Å²) in [6.07, 6.45) is 8.66. The monoisotopic (exact) mass is 895 g/mol. The normalized spacial score (nSPS) is 11.3. The predicted molar refractivity (Wildman–Crippen MR) is 217 cm³/mol. The minimum Gasteiger partial charge on any atom is -0.512 e. The van der Waals surface area contributed by atoms with Crippen molar-refractivity contribution in [3.8, 4) is 45.0 Å². The van der Waals surface area contributed by atoms with Crippen LogP contribution in [0.2, 0.25) is 0 Å². The van der Waals surface area contributed by atoms with Crippen LogP contribution in [0.1, 0.15) is 63.8 Å². The number of hydrogen-bond acceptors (Lipinski definition) is 6. The first-order valence-corrected chi connectivity index (χ1v) is 17.7. The first-order chi connectivity index (χ1) is 25.0. The van der Waals surface area contributed by atoms with Crippen LogP contribution in [0.3, 0.4) is 0 Å². The molecule has 0 unspecified atom stereocenters. The Morgan fingerprint density at radius 3 is 1.15 bits per heavy atom. The second-order valence-corrected chi connectivity index (χ2v) is 15.2. The van der Waals surface area contributed by atoms with Crippen LogP contribution in [-0.4, -0.2) is 30.8 Å². The summed E-state index contributed by atoms with van der Waals surface area (Å²) < 4.78 is 0. The van der Waals surface area contributed by atoms with E-state index in [2.05, 4.69) is 96.2 Å². The third kappa shape index (κ3) is 13.1. The fourth-order valence-corrected chi connectivity index (χ4v) is 4.80. The van der Waals surface area contributed by atoms with Crippen LogP contribution in [0.25, 0.3) is 45.0 Å². The van der Waals surface area contributed by atoms with Gasteiger partial charge in [-0.05, 0) is 86.6 Å². The van der Waals surface area contributed by atoms with Crippen LogP contribution in [0.5, 0.6) is 0 Å². The number of hydrogen-bond donors (Lipinski definition) is 1. The Kier molecular flexibility index (Phi) is 15.5. The van der Waals surface area contributed by atoms with Crippen LogP contribution in [0, 0.1) is 50.7 Å². The molecule has 0 bridgehead atoms. The van der Waals surface area contributed by atoms with E-state index in [1.807, 2.05) is 115 Å². The molecule has 0 atom stereocenters. The largest absolute Gasteiger partial charge is 0.512 e. The zero-order valence-corrected chi connectivity index (χ0v) is 35.3. The first kappa shape index (κ1) is 43.3. The number of nitrogens with zero attached hydrogens (tertiary/aromatic N) is 4. The summed E-state index contributed by atoms with van der Waals surface area (Å²) >= 11 is 0. The molecule has 4 aromatic heterocycles. The Morgan fingerprint density at radius 2 is 0.870 bits per heavy atom. The Balaban J connectivity index is 0.000000222. The van der Waals surface area contributed by atoms with Gasteiger partial charge in [-0.3, -0.25) is 14.8 Å². The van der Waals surface area contributed by atoms with Gasteiger partial charge in [-0.25, -0.2) is 0 Å². The molecule has 0 amide bonds. The third-order valence-electron chi connectivity index (χ3n) is 8.21. The molecule has 0 saturated carbocycles. The van der Waals surface area contributed by atoms with Gasteiger partial charge in [-0.2, -0.15) is 0 Å². The molecule has 0 aliphatic heterocycles. The molecular weight excluding hydrogens is 845 g/mol. The topological polar surface area (TPSA) is 88.9 Å². The summed E-state index contributed by atoms with van der Waals surface area (Å²) in [5, 5.41) is 9.56. The molecule has 281 valence electrons. The second kappa shape index (κ2) is 19.3. The van der Waals surface area contributed by atoms with Gasteiger partial charge in [0.15, 0.2) is 5.78 Å². The molecule has 4 heterocycles. The van der Waals surface area contributed by atoms with Gasteiger partial charge >= 0.3 is 0 Å². The van der Waals surface area contributed by atoms with Gasteiger partial charge in [0.05, 0.1) is 0 Å². The van der Waals surface area contributed by atoms with Gasteiger partial charge < -0.3 is 15.1 Å². The van der Waals surface area contributed by atoms with Crippen molar-refractivity contribution in [1.29, 1.82) is 0 Å². The fraction of sp³-hybridized carbons (Fsp3) is 0.255. The number of rotatable bonds is 5. The zero-order chi connectivity index (χ0) is 38.8. The van der Waals surface area contributed by atoms with E-state index in [1.54, 1.807) is 0 Å². The van der Waals surface area contributed by atoms with Gasteiger partial charge in [-0.1, -0.05) is 75.9 Å². The van der Waals surface area contributed by atoms with E-state index in [9.17, 15) is 9.90 Å². The summed E-state index contributed by atoms with van der Waals surface area (Å²) in [6, 6.07) is 35.0. The second-order valence-electron chi connectivity index (χ2n) is 15.2. The minimum atomic E-state index is -0.417. The number of ketones is 1. The van der Waals surface area contributed by atoms with Crippen LogP contribution < -0.4 is 0 Å². The van der Waals surface area contributed by atoms with Crippen LogP contribution in [0.4, 0.5) is 0 Å². The van der Waals surface area contributed by atoms with Gasteiger partial charge in [0, 0.05) is 73.2 Å². The number of aromatic nitrogens is 4. The quantitative estimate of drug-likeness (QED) is 0.105. The molecule has 0 aliphatic rings. The molecule has 1 N–H and O–H groups in total. The first-order valence-electron chi connectivity index (χ1n) is 17.7. The molecular formula is C47H50IrN4O2-2. The SMILES string of the molecule is CC(C)(C)C(=O)/C=C(\O)C(C)(C)C.Cc1ccnc(-c2[c-]cc(-c3cc(C)ccn3)cc2)c1.Cc1ccnc(-c2[c-]cc(-c3cc(C)ccn3)cc2)c1.[Ir]. The standard InChI is InChI=1S/2C18H15N2.C11H20O2.Ir/c2*1-13-7-9-19-17(11-13)15-3-5-16(6-4-15)18-12-14(2)8-10-20-18;1-10(2,3)8(12)7-9(13)11(4,5)6;/h2*3-5,7-12H,1-2H3;7,12H,1-6H3;/q2*-1;;/b;;8-7-;. The smallest absolute Gasteiger partial charge is 0.164 e. The minimum absolute atomic E-state index is 0. The number of aryl methyl sites for hydroxylation is 4. The molecule has 6 rings (SSSR count). The summed E-state index contributed by atoms with van der Waals surface area (Å²) in [4.78, 5) is 29.0. The van der Waals surface area contributed by atoms with Crippen molar-refractivity contribution in [1.82, 2.24) is 19.9 Å². The van der Waals surface area contributed by atoms with Crippen molar-refractivity contribution in [2.24, 2.45) is 10.8 Å². The maximum atomic E-state index is 11.5. The molecule has 6 nitrogen and oxygen atoms in total. The van der Waals surface area contributed by atoms with Crippen LogP contribution >= 0.6 is 0 Å². The molecule has 0 aliphatic carbocycles. The van der Waals surface area contributed by atoms with Crippen molar-refractivity contribution >= 4 is 5.78 Å². The van der Waals surface area contributed by atoms with Crippen molar-refractivity contribution in [3.63, 3.8) is 0 Å². The summed E-state index contributed by atoms with van der Waals surface area (Å²) in [7, 11) is 0. The van der Waals surface area contributed by atoms with Crippen molar-refractivity contribution in [2.45, 2.75) is 69.2 Å². The number of aliphatic hydroxyl groups excluding tert-OH is 1. The molecule has 7 heteroatoms.